The molecular weight excluding hydrogens is 444 g/mol. The molecule has 9 heteroatoms. The van der Waals surface area contributed by atoms with Crippen molar-refractivity contribution in [2.75, 3.05) is 12.3 Å². The van der Waals surface area contributed by atoms with Gasteiger partial charge in [0.1, 0.15) is 5.25 Å². The highest BCUT2D eigenvalue weighted by Crippen LogP contribution is 2.29. The first kappa shape index (κ1) is 22.4. The highest BCUT2D eigenvalue weighted by Gasteiger charge is 2.30. The fourth-order valence-corrected chi connectivity index (χ4v) is 5.88. The standard InChI is InChI=1S/C21H21ClN2O4S2/c22-19-8-10-20(11-9-19)30(27,28)21(18-7-4-13-23-15-18)16-24-29(25,26)14-12-17-5-2-1-3-6-17/h1-11,13,15,21,24H,12,14,16H2. The van der Waals surface area contributed by atoms with E-state index in [-0.39, 0.29) is 17.2 Å². The molecule has 3 rings (SSSR count). The lowest BCUT2D eigenvalue weighted by molar-refractivity contribution is 0.568. The number of nitrogens with zero attached hydrogens (tertiary/aromatic N) is 1. The van der Waals surface area contributed by atoms with Gasteiger partial charge in [0, 0.05) is 24.0 Å². The molecule has 0 bridgehead atoms. The molecule has 1 N–H and O–H groups in total. The van der Waals surface area contributed by atoms with Crippen molar-refractivity contribution in [3.05, 3.63) is 95.3 Å². The number of sulfone groups is 1. The summed E-state index contributed by atoms with van der Waals surface area (Å²) in [6, 6.07) is 18.2. The van der Waals surface area contributed by atoms with Crippen LogP contribution < -0.4 is 4.72 Å². The molecule has 1 unspecified atom stereocenters. The Labute approximate surface area is 181 Å². The molecule has 1 atom stereocenters. The lowest BCUT2D eigenvalue weighted by Gasteiger charge is -2.19. The number of halogens is 1. The Balaban J connectivity index is 1.80. The zero-order valence-corrected chi connectivity index (χ0v) is 18.4. The van der Waals surface area contributed by atoms with Crippen molar-refractivity contribution < 1.29 is 16.8 Å². The highest BCUT2D eigenvalue weighted by atomic mass is 35.5. The Morgan fingerprint density at radius 1 is 0.900 bits per heavy atom. The summed E-state index contributed by atoms with van der Waals surface area (Å²) in [6.45, 7) is -0.298. The summed E-state index contributed by atoms with van der Waals surface area (Å²) in [7, 11) is -7.57. The van der Waals surface area contributed by atoms with Crippen LogP contribution in [0, 0.1) is 0 Å². The van der Waals surface area contributed by atoms with E-state index in [0.717, 1.165) is 5.56 Å². The van der Waals surface area contributed by atoms with Crippen molar-refractivity contribution in [1.82, 2.24) is 9.71 Å². The summed E-state index contributed by atoms with van der Waals surface area (Å²) in [4.78, 5) is 4.04. The first-order chi connectivity index (χ1) is 14.3. The second kappa shape index (κ2) is 9.70. The molecule has 0 aliphatic rings. The number of hydrogen-bond donors (Lipinski definition) is 1. The number of aryl methyl sites for hydroxylation is 1. The van der Waals surface area contributed by atoms with Crippen LogP contribution in [0.15, 0.2) is 84.0 Å². The number of rotatable bonds is 9. The monoisotopic (exact) mass is 464 g/mol. The summed E-state index contributed by atoms with van der Waals surface area (Å²) in [6.07, 6.45) is 3.29. The van der Waals surface area contributed by atoms with Crippen LogP contribution in [0.4, 0.5) is 0 Å². The zero-order valence-electron chi connectivity index (χ0n) is 16.0. The maximum atomic E-state index is 13.2. The predicted molar refractivity (Wildman–Crippen MR) is 118 cm³/mol. The molecular formula is C21H21ClN2O4S2. The Morgan fingerprint density at radius 2 is 1.60 bits per heavy atom. The molecule has 30 heavy (non-hydrogen) atoms. The minimum atomic E-state index is -3.89. The van der Waals surface area contributed by atoms with E-state index in [1.807, 2.05) is 30.3 Å². The molecule has 0 spiro atoms. The molecule has 6 nitrogen and oxygen atoms in total. The van der Waals surface area contributed by atoms with Crippen LogP contribution in [-0.2, 0) is 26.3 Å². The van der Waals surface area contributed by atoms with Gasteiger partial charge in [0.25, 0.3) is 0 Å². The van der Waals surface area contributed by atoms with E-state index < -0.39 is 25.1 Å². The molecule has 3 aromatic rings. The van der Waals surface area contributed by atoms with E-state index in [1.165, 1.54) is 36.7 Å². The maximum Gasteiger partial charge on any atom is 0.211 e. The highest BCUT2D eigenvalue weighted by molar-refractivity contribution is 7.92. The van der Waals surface area contributed by atoms with Crippen LogP contribution in [0.3, 0.4) is 0 Å². The molecule has 2 aromatic carbocycles. The van der Waals surface area contributed by atoms with E-state index in [4.69, 9.17) is 11.6 Å². The second-order valence-corrected chi connectivity index (χ2v) is 11.2. The number of pyridine rings is 1. The fraction of sp³-hybridized carbons (Fsp3) is 0.190. The molecule has 0 aliphatic carbocycles. The topological polar surface area (TPSA) is 93.2 Å². The van der Waals surface area contributed by atoms with E-state index in [9.17, 15) is 16.8 Å². The summed E-state index contributed by atoms with van der Waals surface area (Å²) in [5.74, 6) is -0.141. The van der Waals surface area contributed by atoms with Crippen LogP contribution in [0.5, 0.6) is 0 Å². The maximum absolute atomic E-state index is 13.2. The van der Waals surface area contributed by atoms with Gasteiger partial charge in [-0.25, -0.2) is 21.6 Å². The average molecular weight is 465 g/mol. The third-order valence-corrected chi connectivity index (χ3v) is 8.28. The van der Waals surface area contributed by atoms with Gasteiger partial charge >= 0.3 is 0 Å². The Bertz CT molecular complexity index is 1170. The van der Waals surface area contributed by atoms with Gasteiger partial charge in [-0.3, -0.25) is 4.98 Å². The van der Waals surface area contributed by atoms with Crippen LogP contribution in [0.1, 0.15) is 16.4 Å². The predicted octanol–water partition coefficient (Wildman–Crippen LogP) is 3.41. The van der Waals surface area contributed by atoms with Crippen LogP contribution in [0.2, 0.25) is 5.02 Å². The Hall–Kier alpha value is -2.26. The molecule has 0 fully saturated rings. The van der Waals surface area contributed by atoms with Crippen LogP contribution >= 0.6 is 11.6 Å². The van der Waals surface area contributed by atoms with E-state index in [0.29, 0.717) is 17.0 Å². The molecule has 0 saturated carbocycles. The molecule has 1 aromatic heterocycles. The van der Waals surface area contributed by atoms with Crippen molar-refractivity contribution >= 4 is 31.5 Å². The third-order valence-electron chi connectivity index (χ3n) is 4.56. The minimum absolute atomic E-state index is 0.0595. The van der Waals surface area contributed by atoms with Gasteiger partial charge in [0.15, 0.2) is 9.84 Å². The van der Waals surface area contributed by atoms with E-state index >= 15 is 0 Å². The molecule has 0 aliphatic heterocycles. The van der Waals surface area contributed by atoms with Gasteiger partial charge in [-0.1, -0.05) is 48.0 Å². The summed E-state index contributed by atoms with van der Waals surface area (Å²) in [5, 5.41) is -0.715. The van der Waals surface area contributed by atoms with Crippen LogP contribution in [0.25, 0.3) is 0 Å². The van der Waals surface area contributed by atoms with Gasteiger partial charge in [-0.15, -0.1) is 0 Å². The number of sulfonamides is 1. The van der Waals surface area contributed by atoms with Crippen molar-refractivity contribution in [3.63, 3.8) is 0 Å². The Kier molecular flexibility index (Phi) is 7.25. The fourth-order valence-electron chi connectivity index (χ4n) is 2.93. The van der Waals surface area contributed by atoms with Gasteiger partial charge in [0.2, 0.25) is 10.0 Å². The number of benzene rings is 2. The molecule has 0 amide bonds. The lowest BCUT2D eigenvalue weighted by atomic mass is 10.2. The average Bonchev–Trinajstić information content (AvgIpc) is 2.74. The lowest BCUT2D eigenvalue weighted by Crippen LogP contribution is -2.34. The first-order valence-corrected chi connectivity index (χ1v) is 12.8. The minimum Gasteiger partial charge on any atom is -0.264 e. The summed E-state index contributed by atoms with van der Waals surface area (Å²) < 4.78 is 53.9. The Morgan fingerprint density at radius 3 is 2.23 bits per heavy atom. The first-order valence-electron chi connectivity index (χ1n) is 9.18. The molecule has 0 radical (unpaired) electrons. The van der Waals surface area contributed by atoms with Gasteiger partial charge < -0.3 is 0 Å². The zero-order chi connectivity index (χ0) is 21.6. The van der Waals surface area contributed by atoms with E-state index in [1.54, 1.807) is 12.1 Å². The van der Waals surface area contributed by atoms with Crippen molar-refractivity contribution in [2.45, 2.75) is 16.6 Å². The summed E-state index contributed by atoms with van der Waals surface area (Å²) >= 11 is 5.87. The second-order valence-electron chi connectivity index (χ2n) is 6.68. The number of hydrogen-bond acceptors (Lipinski definition) is 5. The van der Waals surface area contributed by atoms with Crippen LogP contribution in [-0.4, -0.2) is 34.1 Å². The van der Waals surface area contributed by atoms with Crippen molar-refractivity contribution in [3.8, 4) is 0 Å². The number of aromatic nitrogens is 1. The van der Waals surface area contributed by atoms with E-state index in [2.05, 4.69) is 9.71 Å². The SMILES string of the molecule is O=S(=O)(CCc1ccccc1)NCC(c1cccnc1)S(=O)(=O)c1ccc(Cl)cc1. The number of nitrogens with one attached hydrogen (secondary N) is 1. The van der Waals surface area contributed by atoms with Gasteiger partial charge in [-0.2, -0.15) is 0 Å². The molecule has 158 valence electrons. The van der Waals surface area contributed by atoms with Gasteiger partial charge in [0.05, 0.1) is 10.6 Å². The summed E-state index contributed by atoms with van der Waals surface area (Å²) in [5.41, 5.74) is 1.29. The molecule has 1 heterocycles. The van der Waals surface area contributed by atoms with Crippen molar-refractivity contribution in [1.29, 1.82) is 0 Å². The van der Waals surface area contributed by atoms with Gasteiger partial charge in [-0.05, 0) is 47.9 Å². The van der Waals surface area contributed by atoms with Crippen molar-refractivity contribution in [2.24, 2.45) is 0 Å². The molecule has 0 saturated heterocycles. The largest absolute Gasteiger partial charge is 0.264 e. The normalized spacial score (nSPS) is 13.1. The third kappa shape index (κ3) is 5.89. The quantitative estimate of drug-likeness (QED) is 0.523. The smallest absolute Gasteiger partial charge is 0.211 e.